The quantitative estimate of drug-likeness (QED) is 0.533. The fourth-order valence-corrected chi connectivity index (χ4v) is 2.30. The molecular weight excluding hydrogens is 332 g/mol. The monoisotopic (exact) mass is 346 g/mol. The number of benzene rings is 2. The van der Waals surface area contributed by atoms with Crippen molar-refractivity contribution >= 4 is 11.0 Å². The number of phenolic OH excluding ortho intramolecular Hbond substituents is 4. The van der Waals surface area contributed by atoms with Crippen LogP contribution < -0.4 is 14.9 Å². The predicted octanol–water partition coefficient (Wildman–Crippen LogP) is 2.72. The number of phenols is 4. The minimum Gasteiger partial charge on any atom is -0.507 e. The zero-order valence-electron chi connectivity index (χ0n) is 13.2. The van der Waals surface area contributed by atoms with Crippen LogP contribution in [0.25, 0.3) is 11.0 Å². The summed E-state index contributed by atoms with van der Waals surface area (Å²) in [6.45, 7) is 1.44. The van der Waals surface area contributed by atoms with Gasteiger partial charge in [0, 0.05) is 17.7 Å². The lowest BCUT2D eigenvalue weighted by atomic mass is 10.1. The molecular formula is C17H14O8. The topological polar surface area (TPSA) is 130 Å². The van der Waals surface area contributed by atoms with Crippen LogP contribution in [0.1, 0.15) is 5.56 Å². The van der Waals surface area contributed by atoms with E-state index in [-0.39, 0.29) is 45.5 Å². The lowest BCUT2D eigenvalue weighted by molar-refractivity contribution is 0.303. The summed E-state index contributed by atoms with van der Waals surface area (Å²) in [6, 6.07) is 4.81. The van der Waals surface area contributed by atoms with Gasteiger partial charge in [0.15, 0.2) is 11.5 Å². The molecule has 0 amide bonds. The van der Waals surface area contributed by atoms with Crippen molar-refractivity contribution in [3.63, 3.8) is 0 Å². The highest BCUT2D eigenvalue weighted by Gasteiger charge is 2.22. The zero-order chi connectivity index (χ0) is 18.3. The fourth-order valence-electron chi connectivity index (χ4n) is 2.30. The van der Waals surface area contributed by atoms with Gasteiger partial charge in [-0.25, -0.2) is 0 Å². The fraction of sp³-hybridized carbons (Fsp3) is 0.118. The van der Waals surface area contributed by atoms with Crippen LogP contribution in [0.3, 0.4) is 0 Å². The Balaban J connectivity index is 2.23. The first-order valence-electron chi connectivity index (χ1n) is 7.09. The van der Waals surface area contributed by atoms with E-state index in [9.17, 15) is 25.2 Å². The summed E-state index contributed by atoms with van der Waals surface area (Å²) in [4.78, 5) is 12.6. The summed E-state index contributed by atoms with van der Waals surface area (Å²) in [7, 11) is 1.23. The van der Waals surface area contributed by atoms with Crippen LogP contribution in [-0.4, -0.2) is 27.5 Å². The molecule has 3 aromatic rings. The molecule has 130 valence electrons. The average molecular weight is 346 g/mol. The Morgan fingerprint density at radius 1 is 1.00 bits per heavy atom. The van der Waals surface area contributed by atoms with Crippen molar-refractivity contribution in [2.45, 2.75) is 6.92 Å². The molecule has 1 aromatic heterocycles. The Hall–Kier alpha value is -3.55. The highest BCUT2D eigenvalue weighted by molar-refractivity contribution is 5.88. The molecule has 0 bridgehead atoms. The summed E-state index contributed by atoms with van der Waals surface area (Å²) < 4.78 is 15.9. The lowest BCUT2D eigenvalue weighted by Crippen LogP contribution is -2.08. The molecule has 1 heterocycles. The van der Waals surface area contributed by atoms with Gasteiger partial charge in [-0.1, -0.05) is 0 Å². The first kappa shape index (κ1) is 16.3. The molecule has 2 aromatic carbocycles. The van der Waals surface area contributed by atoms with Gasteiger partial charge in [-0.05, 0) is 19.1 Å². The number of hydrogen-bond donors (Lipinski definition) is 4. The van der Waals surface area contributed by atoms with Crippen LogP contribution >= 0.6 is 0 Å². The third-order valence-electron chi connectivity index (χ3n) is 3.67. The second kappa shape index (κ2) is 5.82. The molecule has 0 atom stereocenters. The first-order valence-corrected chi connectivity index (χ1v) is 7.09. The van der Waals surface area contributed by atoms with Crippen LogP contribution in [0.4, 0.5) is 0 Å². The van der Waals surface area contributed by atoms with Crippen LogP contribution in [0, 0.1) is 6.92 Å². The first-order chi connectivity index (χ1) is 11.8. The molecule has 0 aliphatic heterocycles. The number of methoxy groups -OCH3 is 1. The number of fused-ring (bicyclic) bond motifs is 1. The van der Waals surface area contributed by atoms with Gasteiger partial charge in [0.2, 0.25) is 11.2 Å². The van der Waals surface area contributed by atoms with Gasteiger partial charge in [-0.2, -0.15) is 0 Å². The Labute approximate surface area is 140 Å². The molecule has 0 aliphatic carbocycles. The van der Waals surface area contributed by atoms with Crippen LogP contribution in [0.15, 0.2) is 33.5 Å². The Bertz CT molecular complexity index is 1040. The summed E-state index contributed by atoms with van der Waals surface area (Å²) in [5.74, 6) is -2.03. The van der Waals surface area contributed by atoms with E-state index >= 15 is 0 Å². The minimum atomic E-state index is -0.692. The van der Waals surface area contributed by atoms with E-state index in [1.807, 2.05) is 0 Å². The molecule has 3 rings (SSSR count). The summed E-state index contributed by atoms with van der Waals surface area (Å²) in [6.07, 6.45) is 0. The van der Waals surface area contributed by atoms with E-state index in [0.29, 0.717) is 0 Å². The number of aromatic hydroxyl groups is 4. The molecule has 8 nitrogen and oxygen atoms in total. The van der Waals surface area contributed by atoms with Crippen molar-refractivity contribution in [3.8, 4) is 40.4 Å². The van der Waals surface area contributed by atoms with E-state index in [2.05, 4.69) is 0 Å². The lowest BCUT2D eigenvalue weighted by Gasteiger charge is -2.12. The van der Waals surface area contributed by atoms with Crippen molar-refractivity contribution in [1.29, 1.82) is 0 Å². The van der Waals surface area contributed by atoms with Crippen LogP contribution in [0.2, 0.25) is 0 Å². The maximum atomic E-state index is 12.6. The van der Waals surface area contributed by atoms with Crippen LogP contribution in [0.5, 0.6) is 40.4 Å². The van der Waals surface area contributed by atoms with E-state index in [4.69, 9.17) is 13.9 Å². The molecule has 0 aliphatic rings. The van der Waals surface area contributed by atoms with E-state index in [0.717, 1.165) is 6.07 Å². The highest BCUT2D eigenvalue weighted by atomic mass is 16.6. The van der Waals surface area contributed by atoms with Gasteiger partial charge in [0.25, 0.3) is 0 Å². The highest BCUT2D eigenvalue weighted by Crippen LogP contribution is 2.39. The zero-order valence-corrected chi connectivity index (χ0v) is 13.2. The van der Waals surface area contributed by atoms with Gasteiger partial charge >= 0.3 is 5.95 Å². The SMILES string of the molecule is COc1c(Oc2ccc(O)c(O)c2)oc2cc(O)c(C)c(O)c2c1=O. The predicted molar refractivity (Wildman–Crippen MR) is 86.9 cm³/mol. The normalized spacial score (nSPS) is 10.8. The number of ether oxygens (including phenoxy) is 2. The average Bonchev–Trinajstić information content (AvgIpc) is 2.56. The standard InChI is InChI=1S/C17H14O8/c1-7-10(19)6-12-13(14(7)21)15(22)16(23-2)17(25-12)24-8-3-4-9(18)11(20)5-8/h3-6,18-21H,1-2H3. The molecule has 0 saturated carbocycles. The van der Waals surface area contributed by atoms with Crippen molar-refractivity contribution in [2.24, 2.45) is 0 Å². The maximum Gasteiger partial charge on any atom is 0.338 e. The van der Waals surface area contributed by atoms with Crippen molar-refractivity contribution < 1.29 is 34.3 Å². The second-order valence-electron chi connectivity index (χ2n) is 5.25. The smallest absolute Gasteiger partial charge is 0.338 e. The van der Waals surface area contributed by atoms with Crippen LogP contribution in [-0.2, 0) is 0 Å². The van der Waals surface area contributed by atoms with Crippen molar-refractivity contribution in [2.75, 3.05) is 7.11 Å². The van der Waals surface area contributed by atoms with Gasteiger partial charge in [-0.3, -0.25) is 4.79 Å². The third kappa shape index (κ3) is 2.63. The molecule has 0 fully saturated rings. The third-order valence-corrected chi connectivity index (χ3v) is 3.67. The van der Waals surface area contributed by atoms with Crippen molar-refractivity contribution in [1.82, 2.24) is 0 Å². The molecule has 0 spiro atoms. The Morgan fingerprint density at radius 2 is 1.72 bits per heavy atom. The maximum absolute atomic E-state index is 12.6. The number of rotatable bonds is 3. The summed E-state index contributed by atoms with van der Waals surface area (Å²) >= 11 is 0. The van der Waals surface area contributed by atoms with Gasteiger partial charge in [0.1, 0.15) is 28.2 Å². The molecule has 8 heteroatoms. The van der Waals surface area contributed by atoms with Gasteiger partial charge in [0.05, 0.1) is 7.11 Å². The van der Waals surface area contributed by atoms with Crippen molar-refractivity contribution in [3.05, 3.63) is 40.1 Å². The Kier molecular flexibility index (Phi) is 3.80. The van der Waals surface area contributed by atoms with Gasteiger partial charge < -0.3 is 34.3 Å². The summed E-state index contributed by atoms with van der Waals surface area (Å²) in [5, 5.41) is 38.6. The van der Waals surface area contributed by atoms with E-state index < -0.39 is 16.9 Å². The van der Waals surface area contributed by atoms with E-state index in [1.54, 1.807) is 0 Å². The minimum absolute atomic E-state index is 0.0663. The van der Waals surface area contributed by atoms with E-state index in [1.165, 1.54) is 32.2 Å². The molecule has 0 unspecified atom stereocenters. The molecule has 4 N–H and O–H groups in total. The molecule has 25 heavy (non-hydrogen) atoms. The largest absolute Gasteiger partial charge is 0.507 e. The van der Waals surface area contributed by atoms with Gasteiger partial charge in [-0.15, -0.1) is 0 Å². The molecule has 0 saturated heterocycles. The molecule has 0 radical (unpaired) electrons. The second-order valence-corrected chi connectivity index (χ2v) is 5.25. The number of hydrogen-bond acceptors (Lipinski definition) is 8. The summed E-state index contributed by atoms with van der Waals surface area (Å²) in [5.41, 5.74) is -0.675. The Morgan fingerprint density at radius 3 is 2.36 bits per heavy atom.